The Kier molecular flexibility index (Phi) is 5.98. The van der Waals surface area contributed by atoms with E-state index in [1.165, 1.54) is 0 Å². The molecule has 118 valence electrons. The molecule has 0 bridgehead atoms. The maximum Gasteiger partial charge on any atom is 0.588 e. The van der Waals surface area contributed by atoms with E-state index in [9.17, 15) is 4.57 Å². The zero-order chi connectivity index (χ0) is 15.8. The zero-order valence-corrected chi connectivity index (χ0v) is 12.6. The summed E-state index contributed by atoms with van der Waals surface area (Å²) in [6.45, 7) is -1.03. The number of aliphatic hydroxyl groups excluding tert-OH is 2. The standard InChI is InChI=1S/C15H17O6P/c16-11-15(12-17)21-22(18,19-13-7-3-1-4-8-13)20-14-9-5-2-6-10-14/h1-10,15-17H,11-12H2. The van der Waals surface area contributed by atoms with Crippen LogP contribution in [0.2, 0.25) is 0 Å². The average molecular weight is 324 g/mol. The maximum absolute atomic E-state index is 12.8. The summed E-state index contributed by atoms with van der Waals surface area (Å²) in [6.07, 6.45) is -1.07. The van der Waals surface area contributed by atoms with Crippen LogP contribution >= 0.6 is 7.82 Å². The molecular formula is C15H17O6P. The summed E-state index contributed by atoms with van der Waals surface area (Å²) in [5.41, 5.74) is 0. The lowest BCUT2D eigenvalue weighted by Crippen LogP contribution is -2.23. The SMILES string of the molecule is O=P(Oc1ccccc1)(Oc1ccccc1)OC(CO)CO. The lowest BCUT2D eigenvalue weighted by atomic mass is 10.3. The number of rotatable bonds is 8. The Morgan fingerprint density at radius 1 is 0.818 bits per heavy atom. The van der Waals surface area contributed by atoms with Crippen molar-refractivity contribution in [2.45, 2.75) is 6.10 Å². The minimum Gasteiger partial charge on any atom is -0.395 e. The van der Waals surface area contributed by atoms with E-state index in [1.807, 2.05) is 0 Å². The van der Waals surface area contributed by atoms with Gasteiger partial charge in [-0.3, -0.25) is 4.52 Å². The molecule has 0 fully saturated rings. The number of phosphoric ester groups is 1. The van der Waals surface area contributed by atoms with Gasteiger partial charge in [0.15, 0.2) is 0 Å². The molecule has 6 nitrogen and oxygen atoms in total. The third-order valence-corrected chi connectivity index (χ3v) is 4.03. The number of benzene rings is 2. The van der Waals surface area contributed by atoms with Crippen molar-refractivity contribution in [1.29, 1.82) is 0 Å². The van der Waals surface area contributed by atoms with Crippen LogP contribution in [-0.4, -0.2) is 29.5 Å². The third kappa shape index (κ3) is 4.86. The Morgan fingerprint density at radius 2 is 1.23 bits per heavy atom. The number of aliphatic hydroxyl groups is 2. The molecule has 0 aliphatic heterocycles. The normalized spacial score (nSPS) is 11.4. The van der Waals surface area contributed by atoms with Gasteiger partial charge in [-0.15, -0.1) is 0 Å². The highest BCUT2D eigenvalue weighted by Gasteiger charge is 2.34. The van der Waals surface area contributed by atoms with Crippen LogP contribution in [-0.2, 0) is 9.09 Å². The van der Waals surface area contributed by atoms with Crippen molar-refractivity contribution in [3.05, 3.63) is 60.7 Å². The van der Waals surface area contributed by atoms with Crippen molar-refractivity contribution < 1.29 is 28.3 Å². The number of para-hydroxylation sites is 2. The van der Waals surface area contributed by atoms with E-state index < -0.39 is 27.1 Å². The first-order valence-electron chi connectivity index (χ1n) is 6.64. The molecule has 0 amide bonds. The lowest BCUT2D eigenvalue weighted by Gasteiger charge is -2.22. The Balaban J connectivity index is 2.21. The average Bonchev–Trinajstić information content (AvgIpc) is 2.54. The molecule has 2 rings (SSSR count). The molecule has 0 saturated carbocycles. The third-order valence-electron chi connectivity index (χ3n) is 2.61. The van der Waals surface area contributed by atoms with Gasteiger partial charge in [-0.25, -0.2) is 4.57 Å². The first-order valence-corrected chi connectivity index (χ1v) is 8.11. The van der Waals surface area contributed by atoms with E-state index in [-0.39, 0.29) is 11.5 Å². The second-order valence-electron chi connectivity index (χ2n) is 4.35. The van der Waals surface area contributed by atoms with Crippen LogP contribution in [0.5, 0.6) is 11.5 Å². The van der Waals surface area contributed by atoms with Crippen molar-refractivity contribution in [1.82, 2.24) is 0 Å². The number of hydrogen-bond acceptors (Lipinski definition) is 6. The van der Waals surface area contributed by atoms with E-state index in [4.69, 9.17) is 23.8 Å². The summed E-state index contributed by atoms with van der Waals surface area (Å²) < 4.78 is 28.6. The van der Waals surface area contributed by atoms with Crippen molar-refractivity contribution in [2.24, 2.45) is 0 Å². The van der Waals surface area contributed by atoms with Gasteiger partial charge in [0.2, 0.25) is 0 Å². The first kappa shape index (κ1) is 16.5. The first-order chi connectivity index (χ1) is 10.6. The predicted octanol–water partition coefficient (Wildman–Crippen LogP) is 2.62. The van der Waals surface area contributed by atoms with Crippen molar-refractivity contribution >= 4 is 7.82 Å². The molecule has 0 aliphatic carbocycles. The predicted molar refractivity (Wildman–Crippen MR) is 80.8 cm³/mol. The van der Waals surface area contributed by atoms with Crippen LogP contribution in [0.4, 0.5) is 0 Å². The highest BCUT2D eigenvalue weighted by Crippen LogP contribution is 2.50. The van der Waals surface area contributed by atoms with Gasteiger partial charge in [0, 0.05) is 0 Å². The molecule has 2 aromatic rings. The molecule has 0 radical (unpaired) electrons. The van der Waals surface area contributed by atoms with Crippen molar-refractivity contribution in [3.63, 3.8) is 0 Å². The molecule has 0 atom stereocenters. The molecule has 0 saturated heterocycles. The molecule has 0 unspecified atom stereocenters. The highest BCUT2D eigenvalue weighted by atomic mass is 31.2. The van der Waals surface area contributed by atoms with Gasteiger partial charge in [-0.1, -0.05) is 36.4 Å². The molecule has 0 heterocycles. The van der Waals surface area contributed by atoms with Gasteiger partial charge in [0.05, 0.1) is 13.2 Å². The molecule has 7 heteroatoms. The quantitative estimate of drug-likeness (QED) is 0.726. The summed E-state index contributed by atoms with van der Waals surface area (Å²) in [5.74, 6) is 0.577. The largest absolute Gasteiger partial charge is 0.588 e. The van der Waals surface area contributed by atoms with Crippen LogP contribution in [0.1, 0.15) is 0 Å². The fourth-order valence-electron chi connectivity index (χ4n) is 1.59. The lowest BCUT2D eigenvalue weighted by molar-refractivity contribution is 0.0431. The Hall–Kier alpha value is -1.85. The van der Waals surface area contributed by atoms with Gasteiger partial charge in [0.1, 0.15) is 17.6 Å². The summed E-state index contributed by atoms with van der Waals surface area (Å²) in [5, 5.41) is 18.2. The van der Waals surface area contributed by atoms with Crippen LogP contribution in [0.25, 0.3) is 0 Å². The van der Waals surface area contributed by atoms with E-state index >= 15 is 0 Å². The summed E-state index contributed by atoms with van der Waals surface area (Å²) in [4.78, 5) is 0. The minimum absolute atomic E-state index is 0.288. The van der Waals surface area contributed by atoms with E-state index in [0.717, 1.165) is 0 Å². The van der Waals surface area contributed by atoms with Crippen LogP contribution in [0.3, 0.4) is 0 Å². The smallest absolute Gasteiger partial charge is 0.395 e. The van der Waals surface area contributed by atoms with E-state index in [0.29, 0.717) is 0 Å². The topological polar surface area (TPSA) is 85.2 Å². The summed E-state index contributed by atoms with van der Waals surface area (Å²) >= 11 is 0. The van der Waals surface area contributed by atoms with Crippen LogP contribution in [0.15, 0.2) is 60.7 Å². The zero-order valence-electron chi connectivity index (χ0n) is 11.7. The van der Waals surface area contributed by atoms with Gasteiger partial charge in [0.25, 0.3) is 0 Å². The maximum atomic E-state index is 12.8. The Morgan fingerprint density at radius 3 is 1.59 bits per heavy atom. The monoisotopic (exact) mass is 324 g/mol. The molecular weight excluding hydrogens is 307 g/mol. The van der Waals surface area contributed by atoms with E-state index in [2.05, 4.69) is 0 Å². The van der Waals surface area contributed by atoms with Gasteiger partial charge >= 0.3 is 7.82 Å². The van der Waals surface area contributed by atoms with Gasteiger partial charge < -0.3 is 19.3 Å². The van der Waals surface area contributed by atoms with Crippen LogP contribution < -0.4 is 9.05 Å². The second-order valence-corrected chi connectivity index (χ2v) is 5.82. The van der Waals surface area contributed by atoms with Crippen LogP contribution in [0, 0.1) is 0 Å². The highest BCUT2D eigenvalue weighted by molar-refractivity contribution is 7.49. The fourth-order valence-corrected chi connectivity index (χ4v) is 2.97. The molecule has 2 aromatic carbocycles. The number of hydrogen-bond donors (Lipinski definition) is 2. The molecule has 0 aliphatic rings. The second kappa shape index (κ2) is 7.96. The molecule has 2 N–H and O–H groups in total. The van der Waals surface area contributed by atoms with Crippen molar-refractivity contribution in [2.75, 3.05) is 13.2 Å². The Bertz CT molecular complexity index is 554. The Labute approximate surface area is 128 Å². The molecule has 0 aromatic heterocycles. The summed E-state index contributed by atoms with van der Waals surface area (Å²) in [6, 6.07) is 16.8. The summed E-state index contributed by atoms with van der Waals surface area (Å²) in [7, 11) is -4.07. The van der Waals surface area contributed by atoms with Gasteiger partial charge in [-0.2, -0.15) is 0 Å². The molecule has 0 spiro atoms. The van der Waals surface area contributed by atoms with Crippen molar-refractivity contribution in [3.8, 4) is 11.5 Å². The van der Waals surface area contributed by atoms with E-state index in [1.54, 1.807) is 60.7 Å². The fraction of sp³-hybridized carbons (Fsp3) is 0.200. The van der Waals surface area contributed by atoms with Gasteiger partial charge in [-0.05, 0) is 24.3 Å². The minimum atomic E-state index is -4.07. The molecule has 22 heavy (non-hydrogen) atoms. The number of phosphoric acid groups is 1.